The number of nitrogens with zero attached hydrogens (tertiary/aromatic N) is 3. The van der Waals surface area contributed by atoms with E-state index in [2.05, 4.69) is 10.3 Å². The Balaban J connectivity index is 1.48. The second-order valence-corrected chi connectivity index (χ2v) is 7.72. The lowest BCUT2D eigenvalue weighted by atomic mass is 10.1. The second kappa shape index (κ2) is 9.82. The van der Waals surface area contributed by atoms with Crippen LogP contribution in [-0.2, 0) is 20.9 Å². The van der Waals surface area contributed by atoms with Gasteiger partial charge in [-0.3, -0.25) is 14.9 Å². The molecule has 1 atom stereocenters. The maximum atomic E-state index is 13.1. The van der Waals surface area contributed by atoms with E-state index < -0.39 is 5.92 Å². The summed E-state index contributed by atoms with van der Waals surface area (Å²) in [6, 6.07) is 15.1. The Morgan fingerprint density at radius 2 is 1.97 bits per heavy atom. The molecular weight excluding hydrogens is 408 g/mol. The van der Waals surface area contributed by atoms with E-state index in [9.17, 15) is 9.59 Å². The molecule has 1 aliphatic heterocycles. The molecule has 4 rings (SSSR count). The molecule has 2 aromatic carbocycles. The number of rotatable bonds is 9. The molecule has 2 amide bonds. The Hall–Kier alpha value is -3.39. The van der Waals surface area contributed by atoms with Crippen LogP contribution < -0.4 is 15.0 Å². The Morgan fingerprint density at radius 3 is 2.72 bits per heavy atom. The molecule has 2 heterocycles. The van der Waals surface area contributed by atoms with Crippen molar-refractivity contribution in [2.24, 2.45) is 5.92 Å². The minimum Gasteiger partial charge on any atom is -0.497 e. The van der Waals surface area contributed by atoms with Gasteiger partial charge in [0.1, 0.15) is 5.75 Å². The van der Waals surface area contributed by atoms with E-state index in [4.69, 9.17) is 9.47 Å². The summed E-state index contributed by atoms with van der Waals surface area (Å²) in [6.45, 7) is 4.30. The van der Waals surface area contributed by atoms with Crippen LogP contribution in [0.3, 0.4) is 0 Å². The van der Waals surface area contributed by atoms with E-state index in [0.717, 1.165) is 28.9 Å². The van der Waals surface area contributed by atoms with Crippen molar-refractivity contribution < 1.29 is 19.1 Å². The summed E-state index contributed by atoms with van der Waals surface area (Å²) in [5, 5.41) is 2.97. The highest BCUT2D eigenvalue weighted by molar-refractivity contribution is 6.03. The molecule has 1 N–H and O–H groups in total. The molecule has 1 aliphatic rings. The van der Waals surface area contributed by atoms with Crippen LogP contribution in [0.1, 0.15) is 19.8 Å². The molecule has 0 spiro atoms. The third-order valence-electron chi connectivity index (χ3n) is 5.64. The van der Waals surface area contributed by atoms with Gasteiger partial charge in [-0.05, 0) is 49.7 Å². The summed E-state index contributed by atoms with van der Waals surface area (Å²) in [5.74, 6) is 0.513. The topological polar surface area (TPSA) is 85.7 Å². The predicted molar refractivity (Wildman–Crippen MR) is 123 cm³/mol. The Labute approximate surface area is 187 Å². The predicted octanol–water partition coefficient (Wildman–Crippen LogP) is 3.46. The molecule has 0 bridgehead atoms. The summed E-state index contributed by atoms with van der Waals surface area (Å²) < 4.78 is 12.6. The molecule has 1 aromatic heterocycles. The third-order valence-corrected chi connectivity index (χ3v) is 5.64. The average molecular weight is 437 g/mol. The number of aromatic nitrogens is 2. The van der Waals surface area contributed by atoms with Crippen LogP contribution in [0.5, 0.6) is 5.75 Å². The van der Waals surface area contributed by atoms with Gasteiger partial charge in [0, 0.05) is 38.4 Å². The van der Waals surface area contributed by atoms with Crippen LogP contribution in [0.4, 0.5) is 11.6 Å². The van der Waals surface area contributed by atoms with Crippen molar-refractivity contribution in [3.63, 3.8) is 0 Å². The first-order chi connectivity index (χ1) is 15.6. The fourth-order valence-corrected chi connectivity index (χ4v) is 3.97. The number of carbonyl (C=O) groups is 2. The normalized spacial score (nSPS) is 16.0. The number of methoxy groups -OCH3 is 1. The smallest absolute Gasteiger partial charge is 0.232 e. The molecule has 0 radical (unpaired) electrons. The first-order valence-electron chi connectivity index (χ1n) is 10.9. The van der Waals surface area contributed by atoms with Crippen LogP contribution in [0.15, 0.2) is 48.5 Å². The molecular formula is C24H28N4O4. The number of para-hydroxylation sites is 2. The first-order valence-corrected chi connectivity index (χ1v) is 10.9. The SMILES string of the molecule is CCOCCCn1c(NC(=O)C2CC(=O)N(c3ccc(OC)cc3)C2)nc2ccccc21. The minimum atomic E-state index is -0.443. The van der Waals surface area contributed by atoms with Crippen LogP contribution in [0.2, 0.25) is 0 Å². The monoisotopic (exact) mass is 436 g/mol. The van der Waals surface area contributed by atoms with Crippen molar-refractivity contribution in [3.8, 4) is 5.75 Å². The number of imidazole rings is 1. The molecule has 8 nitrogen and oxygen atoms in total. The van der Waals surface area contributed by atoms with E-state index >= 15 is 0 Å². The summed E-state index contributed by atoms with van der Waals surface area (Å²) in [7, 11) is 1.60. The number of amides is 2. The van der Waals surface area contributed by atoms with Gasteiger partial charge in [0.05, 0.1) is 24.1 Å². The van der Waals surface area contributed by atoms with Crippen molar-refractivity contribution in [2.75, 3.05) is 37.1 Å². The zero-order valence-electron chi connectivity index (χ0n) is 18.4. The maximum Gasteiger partial charge on any atom is 0.232 e. The van der Waals surface area contributed by atoms with Gasteiger partial charge in [0.25, 0.3) is 0 Å². The Kier molecular flexibility index (Phi) is 6.70. The van der Waals surface area contributed by atoms with Gasteiger partial charge < -0.3 is 18.9 Å². The molecule has 1 unspecified atom stereocenters. The third kappa shape index (κ3) is 4.60. The van der Waals surface area contributed by atoms with E-state index in [1.54, 1.807) is 24.1 Å². The van der Waals surface area contributed by atoms with E-state index in [1.807, 2.05) is 47.9 Å². The highest BCUT2D eigenvalue weighted by Gasteiger charge is 2.35. The highest BCUT2D eigenvalue weighted by atomic mass is 16.5. The lowest BCUT2D eigenvalue weighted by molar-refractivity contribution is -0.122. The van der Waals surface area contributed by atoms with Crippen LogP contribution in [-0.4, -0.2) is 48.2 Å². The summed E-state index contributed by atoms with van der Waals surface area (Å²) in [5.41, 5.74) is 2.54. The summed E-state index contributed by atoms with van der Waals surface area (Å²) in [6.07, 6.45) is 0.979. The number of fused-ring (bicyclic) bond motifs is 1. The summed E-state index contributed by atoms with van der Waals surface area (Å²) >= 11 is 0. The highest BCUT2D eigenvalue weighted by Crippen LogP contribution is 2.28. The first kappa shape index (κ1) is 21.8. The Bertz CT molecular complexity index is 1090. The van der Waals surface area contributed by atoms with Crippen LogP contribution in [0.25, 0.3) is 11.0 Å². The number of hydrogen-bond acceptors (Lipinski definition) is 5. The van der Waals surface area contributed by atoms with Gasteiger partial charge in [-0.15, -0.1) is 0 Å². The van der Waals surface area contributed by atoms with Crippen molar-refractivity contribution in [2.45, 2.75) is 26.3 Å². The molecule has 1 saturated heterocycles. The van der Waals surface area contributed by atoms with Gasteiger partial charge in [-0.25, -0.2) is 4.98 Å². The van der Waals surface area contributed by atoms with Gasteiger partial charge >= 0.3 is 0 Å². The zero-order valence-corrected chi connectivity index (χ0v) is 18.4. The number of carbonyl (C=O) groups excluding carboxylic acids is 2. The number of nitrogens with one attached hydrogen (secondary N) is 1. The molecule has 168 valence electrons. The average Bonchev–Trinajstić information content (AvgIpc) is 3.37. The van der Waals surface area contributed by atoms with Gasteiger partial charge in [-0.1, -0.05) is 12.1 Å². The van der Waals surface area contributed by atoms with Crippen molar-refractivity contribution in [1.82, 2.24) is 9.55 Å². The molecule has 32 heavy (non-hydrogen) atoms. The Morgan fingerprint density at radius 1 is 1.19 bits per heavy atom. The fourth-order valence-electron chi connectivity index (χ4n) is 3.97. The number of aryl methyl sites for hydroxylation is 1. The van der Waals surface area contributed by atoms with Crippen LogP contribution >= 0.6 is 0 Å². The molecule has 0 saturated carbocycles. The van der Waals surface area contributed by atoms with Gasteiger partial charge in [0.15, 0.2) is 0 Å². The van der Waals surface area contributed by atoms with Gasteiger partial charge in [0.2, 0.25) is 17.8 Å². The van der Waals surface area contributed by atoms with E-state index in [0.29, 0.717) is 32.3 Å². The second-order valence-electron chi connectivity index (χ2n) is 7.72. The fraction of sp³-hybridized carbons (Fsp3) is 0.375. The maximum absolute atomic E-state index is 13.1. The molecule has 1 fully saturated rings. The van der Waals surface area contributed by atoms with Crippen molar-refractivity contribution in [1.29, 1.82) is 0 Å². The van der Waals surface area contributed by atoms with E-state index in [1.165, 1.54) is 0 Å². The van der Waals surface area contributed by atoms with Crippen molar-refractivity contribution in [3.05, 3.63) is 48.5 Å². The number of benzene rings is 2. The largest absolute Gasteiger partial charge is 0.497 e. The number of hydrogen-bond donors (Lipinski definition) is 1. The van der Waals surface area contributed by atoms with Crippen molar-refractivity contribution >= 4 is 34.5 Å². The molecule has 8 heteroatoms. The quantitative estimate of drug-likeness (QED) is 0.519. The van der Waals surface area contributed by atoms with Gasteiger partial charge in [-0.2, -0.15) is 0 Å². The molecule has 0 aliphatic carbocycles. The summed E-state index contributed by atoms with van der Waals surface area (Å²) in [4.78, 5) is 31.9. The van der Waals surface area contributed by atoms with E-state index in [-0.39, 0.29) is 18.2 Å². The standard InChI is InChI=1S/C24H28N4O4/c1-3-32-14-6-13-27-21-8-5-4-7-20(21)25-24(27)26-23(30)17-15-22(29)28(16-17)18-9-11-19(31-2)12-10-18/h4-5,7-12,17H,3,6,13-16H2,1-2H3,(H,25,26,30). The number of anilines is 2. The van der Waals surface area contributed by atoms with Crippen LogP contribution in [0, 0.1) is 5.92 Å². The zero-order chi connectivity index (χ0) is 22.5. The lowest BCUT2D eigenvalue weighted by Crippen LogP contribution is -2.28. The minimum absolute atomic E-state index is 0.0689. The molecule has 3 aromatic rings. The lowest BCUT2D eigenvalue weighted by Gasteiger charge is -2.17. The number of ether oxygens (including phenoxy) is 2.